The van der Waals surface area contributed by atoms with Gasteiger partial charge < -0.3 is 10.6 Å². The molecule has 3 aromatic rings. The molecule has 2 N–H and O–H groups in total. The summed E-state index contributed by atoms with van der Waals surface area (Å²) in [4.78, 5) is 16.9. The number of carbonyl (C=O) groups is 1. The van der Waals surface area contributed by atoms with E-state index < -0.39 is 11.7 Å². The highest BCUT2D eigenvalue weighted by Crippen LogP contribution is 2.34. The Morgan fingerprint density at radius 2 is 1.87 bits per heavy atom. The number of anilines is 1. The number of hydrogen-bond acceptors (Lipinski definition) is 5. The quantitative estimate of drug-likeness (QED) is 0.569. The van der Waals surface area contributed by atoms with Gasteiger partial charge >= 0.3 is 6.18 Å². The number of rotatable bonds is 4. The van der Waals surface area contributed by atoms with Crippen LogP contribution in [0.2, 0.25) is 0 Å². The normalized spacial score (nSPS) is 19.0. The van der Waals surface area contributed by atoms with E-state index in [1.165, 1.54) is 23.5 Å². The second kappa shape index (κ2) is 8.55. The third-order valence-corrected chi connectivity index (χ3v) is 6.36. The molecular formula is C22H19F3N4OS. The van der Waals surface area contributed by atoms with Crippen LogP contribution in [0, 0.1) is 11.3 Å². The van der Waals surface area contributed by atoms with E-state index in [2.05, 4.69) is 15.6 Å². The molecule has 2 aromatic carbocycles. The van der Waals surface area contributed by atoms with E-state index in [-0.39, 0.29) is 23.6 Å². The highest BCUT2D eigenvalue weighted by Gasteiger charge is 2.34. The molecule has 1 aromatic heterocycles. The summed E-state index contributed by atoms with van der Waals surface area (Å²) in [6.45, 7) is 0. The van der Waals surface area contributed by atoms with Gasteiger partial charge in [0, 0.05) is 17.8 Å². The Kier molecular flexibility index (Phi) is 5.83. The minimum Gasteiger partial charge on any atom is -0.382 e. The molecule has 1 heterocycles. The minimum atomic E-state index is -4.58. The molecule has 9 heteroatoms. The van der Waals surface area contributed by atoms with Gasteiger partial charge in [-0.25, -0.2) is 4.98 Å². The first-order chi connectivity index (χ1) is 14.8. The first-order valence-electron chi connectivity index (χ1n) is 9.86. The van der Waals surface area contributed by atoms with Crippen molar-refractivity contribution >= 4 is 33.1 Å². The highest BCUT2D eigenvalue weighted by atomic mass is 32.1. The molecule has 0 unspecified atom stereocenters. The first kappa shape index (κ1) is 21.1. The summed E-state index contributed by atoms with van der Waals surface area (Å²) < 4.78 is 40.3. The zero-order valence-corrected chi connectivity index (χ0v) is 17.2. The van der Waals surface area contributed by atoms with Crippen molar-refractivity contribution in [2.45, 2.75) is 43.9 Å². The number of hydrogen-bond donors (Lipinski definition) is 2. The summed E-state index contributed by atoms with van der Waals surface area (Å²) >= 11 is 1.43. The molecule has 5 nitrogen and oxygen atoms in total. The molecule has 0 saturated heterocycles. The van der Waals surface area contributed by atoms with E-state index in [1.54, 1.807) is 17.6 Å². The fraction of sp³-hybridized carbons (Fsp3) is 0.318. The highest BCUT2D eigenvalue weighted by molar-refractivity contribution is 7.17. The van der Waals surface area contributed by atoms with Crippen molar-refractivity contribution in [3.8, 4) is 6.07 Å². The van der Waals surface area contributed by atoms with Crippen LogP contribution in [0.15, 0.2) is 41.9 Å². The smallest absolute Gasteiger partial charge is 0.382 e. The first-order valence-corrected chi connectivity index (χ1v) is 10.7. The van der Waals surface area contributed by atoms with Crippen molar-refractivity contribution in [3.05, 3.63) is 58.6 Å². The second-order valence-electron chi connectivity index (χ2n) is 7.54. The maximum absolute atomic E-state index is 13.2. The number of aromatic nitrogens is 1. The van der Waals surface area contributed by atoms with Crippen molar-refractivity contribution < 1.29 is 18.0 Å². The van der Waals surface area contributed by atoms with Crippen LogP contribution in [-0.4, -0.2) is 23.0 Å². The van der Waals surface area contributed by atoms with Gasteiger partial charge in [-0.1, -0.05) is 6.07 Å². The Morgan fingerprint density at radius 3 is 2.58 bits per heavy atom. The van der Waals surface area contributed by atoms with E-state index in [1.807, 2.05) is 12.1 Å². The molecule has 31 heavy (non-hydrogen) atoms. The van der Waals surface area contributed by atoms with Crippen LogP contribution < -0.4 is 10.6 Å². The fourth-order valence-electron chi connectivity index (χ4n) is 3.91. The van der Waals surface area contributed by atoms with Crippen LogP contribution in [0.1, 0.15) is 47.2 Å². The number of nitriles is 1. The predicted octanol–water partition coefficient (Wildman–Crippen LogP) is 5.34. The van der Waals surface area contributed by atoms with Crippen molar-refractivity contribution in [3.63, 3.8) is 0 Å². The monoisotopic (exact) mass is 444 g/mol. The number of nitrogens with zero attached hydrogens (tertiary/aromatic N) is 2. The van der Waals surface area contributed by atoms with Crippen LogP contribution in [0.4, 0.5) is 18.9 Å². The second-order valence-corrected chi connectivity index (χ2v) is 8.40. The van der Waals surface area contributed by atoms with Gasteiger partial charge in [0.15, 0.2) is 0 Å². The number of nitrogens with one attached hydrogen (secondary N) is 2. The molecule has 160 valence electrons. The van der Waals surface area contributed by atoms with Crippen LogP contribution >= 0.6 is 11.3 Å². The maximum Gasteiger partial charge on any atom is 0.417 e. The molecule has 0 spiro atoms. The maximum atomic E-state index is 13.2. The molecule has 0 atom stereocenters. The lowest BCUT2D eigenvalue weighted by atomic mass is 9.90. The standard InChI is InChI=1S/C22H19F3N4OS/c23-22(24,25)18-10-16(5-4-13(18)11-26)28-14-6-8-15(9-7-14)29-21(30)17-2-1-3-19-20(17)31-12-27-19/h1-5,10,12,14-15,28H,6-9H2,(H,29,30)/t14-,15+. The zero-order chi connectivity index (χ0) is 22.0. The lowest BCUT2D eigenvalue weighted by Crippen LogP contribution is -2.40. The Bertz CT molecular complexity index is 1140. The SMILES string of the molecule is N#Cc1ccc(N[C@H]2CC[C@@H](NC(=O)c3cccc4ncsc34)CC2)cc1C(F)(F)F. The van der Waals surface area contributed by atoms with Crippen molar-refractivity contribution in [1.29, 1.82) is 5.26 Å². The predicted molar refractivity (Wildman–Crippen MR) is 113 cm³/mol. The van der Waals surface area contributed by atoms with Gasteiger partial charge in [-0.15, -0.1) is 11.3 Å². The van der Waals surface area contributed by atoms with Gasteiger partial charge in [0.1, 0.15) is 0 Å². The number of fused-ring (bicyclic) bond motifs is 1. The van der Waals surface area contributed by atoms with E-state index >= 15 is 0 Å². The largest absolute Gasteiger partial charge is 0.417 e. The van der Waals surface area contributed by atoms with Gasteiger partial charge in [0.25, 0.3) is 5.91 Å². The third kappa shape index (κ3) is 4.64. The third-order valence-electron chi connectivity index (χ3n) is 5.48. The Balaban J connectivity index is 1.36. The summed E-state index contributed by atoms with van der Waals surface area (Å²) in [6, 6.07) is 10.7. The van der Waals surface area contributed by atoms with Crippen LogP contribution in [0.5, 0.6) is 0 Å². The average Bonchev–Trinajstić information content (AvgIpc) is 3.23. The lowest BCUT2D eigenvalue weighted by molar-refractivity contribution is -0.137. The average molecular weight is 444 g/mol. The molecule has 1 aliphatic rings. The van der Waals surface area contributed by atoms with Crippen molar-refractivity contribution in [1.82, 2.24) is 10.3 Å². The van der Waals surface area contributed by atoms with E-state index in [4.69, 9.17) is 5.26 Å². The number of thiazole rings is 1. The molecular weight excluding hydrogens is 425 g/mol. The topological polar surface area (TPSA) is 77.8 Å². The number of halogens is 3. The molecule has 4 rings (SSSR count). The van der Waals surface area contributed by atoms with Gasteiger partial charge in [0.05, 0.1) is 38.5 Å². The van der Waals surface area contributed by atoms with Gasteiger partial charge in [-0.05, 0) is 56.0 Å². The minimum absolute atomic E-state index is 0.00657. The Labute approximate surface area is 180 Å². The number of benzene rings is 2. The van der Waals surface area contributed by atoms with Crippen molar-refractivity contribution in [2.24, 2.45) is 0 Å². The molecule has 1 aliphatic carbocycles. The lowest BCUT2D eigenvalue weighted by Gasteiger charge is -2.30. The van der Waals surface area contributed by atoms with Gasteiger partial charge in [0.2, 0.25) is 0 Å². The summed E-state index contributed by atoms with van der Waals surface area (Å²) in [5.41, 5.74) is 2.14. The molecule has 0 aliphatic heterocycles. The van der Waals surface area contributed by atoms with Gasteiger partial charge in [-0.2, -0.15) is 18.4 Å². The summed E-state index contributed by atoms with van der Waals surface area (Å²) in [5.74, 6) is -0.131. The number of carbonyl (C=O) groups excluding carboxylic acids is 1. The Morgan fingerprint density at radius 1 is 1.13 bits per heavy atom. The molecule has 1 saturated carbocycles. The van der Waals surface area contributed by atoms with E-state index in [0.717, 1.165) is 42.0 Å². The summed E-state index contributed by atoms with van der Waals surface area (Å²) in [7, 11) is 0. The molecule has 1 fully saturated rings. The molecule has 0 radical (unpaired) electrons. The Hall–Kier alpha value is -3.12. The van der Waals surface area contributed by atoms with Gasteiger partial charge in [-0.3, -0.25) is 4.79 Å². The van der Waals surface area contributed by atoms with E-state index in [0.29, 0.717) is 11.3 Å². The van der Waals surface area contributed by atoms with Crippen LogP contribution in [0.3, 0.4) is 0 Å². The molecule has 1 amide bonds. The number of alkyl halides is 3. The summed E-state index contributed by atoms with van der Waals surface area (Å²) in [5, 5.41) is 15.1. The van der Waals surface area contributed by atoms with Crippen molar-refractivity contribution in [2.75, 3.05) is 5.32 Å². The summed E-state index contributed by atoms with van der Waals surface area (Å²) in [6.07, 6.45) is -1.69. The number of amides is 1. The zero-order valence-electron chi connectivity index (χ0n) is 16.4. The van der Waals surface area contributed by atoms with Crippen LogP contribution in [-0.2, 0) is 6.18 Å². The van der Waals surface area contributed by atoms with Crippen LogP contribution in [0.25, 0.3) is 10.2 Å². The molecule has 0 bridgehead atoms. The van der Waals surface area contributed by atoms with E-state index in [9.17, 15) is 18.0 Å². The fourth-order valence-corrected chi connectivity index (χ4v) is 4.71.